The third-order valence-electron chi connectivity index (χ3n) is 3.09. The third-order valence-corrected chi connectivity index (χ3v) is 3.75. The van der Waals surface area contributed by atoms with Crippen molar-refractivity contribution in [3.63, 3.8) is 0 Å². The standard InChI is InChI=1S/C17H16Cl2N2O2/c1-11-9-15(16(23-2)10-14(11)19)21-17(22)20-8-7-12-3-5-13(18)6-4-12/h3-10H,1-2H3,(H2,20,21,22)/b8-7+. The van der Waals surface area contributed by atoms with Crippen molar-refractivity contribution in [2.45, 2.75) is 6.92 Å². The summed E-state index contributed by atoms with van der Waals surface area (Å²) in [5.41, 5.74) is 2.32. The van der Waals surface area contributed by atoms with E-state index in [0.717, 1.165) is 11.1 Å². The highest BCUT2D eigenvalue weighted by molar-refractivity contribution is 6.31. The normalized spacial score (nSPS) is 10.6. The number of benzene rings is 2. The number of methoxy groups -OCH3 is 1. The van der Waals surface area contributed by atoms with Crippen LogP contribution in [0.2, 0.25) is 10.0 Å². The van der Waals surface area contributed by atoms with Crippen molar-refractivity contribution in [2.75, 3.05) is 12.4 Å². The van der Waals surface area contributed by atoms with Crippen LogP contribution in [0, 0.1) is 6.92 Å². The first-order chi connectivity index (χ1) is 11.0. The molecule has 0 unspecified atom stereocenters. The fourth-order valence-electron chi connectivity index (χ4n) is 1.88. The van der Waals surface area contributed by atoms with Crippen molar-refractivity contribution in [3.8, 4) is 5.75 Å². The Labute approximate surface area is 145 Å². The number of carbonyl (C=O) groups is 1. The molecule has 2 amide bonds. The summed E-state index contributed by atoms with van der Waals surface area (Å²) < 4.78 is 5.21. The van der Waals surface area contributed by atoms with E-state index in [1.807, 2.05) is 19.1 Å². The molecule has 2 N–H and O–H groups in total. The summed E-state index contributed by atoms with van der Waals surface area (Å²) in [5.74, 6) is 0.498. The van der Waals surface area contributed by atoms with E-state index in [0.29, 0.717) is 21.5 Å². The van der Waals surface area contributed by atoms with E-state index in [-0.39, 0.29) is 6.03 Å². The maximum absolute atomic E-state index is 11.9. The fraction of sp³-hybridized carbons (Fsp3) is 0.118. The Morgan fingerprint density at radius 1 is 1.17 bits per heavy atom. The molecular weight excluding hydrogens is 335 g/mol. The van der Waals surface area contributed by atoms with Crippen LogP contribution in [-0.4, -0.2) is 13.1 Å². The highest BCUT2D eigenvalue weighted by Crippen LogP contribution is 2.30. The van der Waals surface area contributed by atoms with Crippen LogP contribution in [0.3, 0.4) is 0 Å². The van der Waals surface area contributed by atoms with Crippen molar-refractivity contribution in [1.82, 2.24) is 5.32 Å². The minimum Gasteiger partial charge on any atom is -0.495 e. The largest absolute Gasteiger partial charge is 0.495 e. The first kappa shape index (κ1) is 17.2. The highest BCUT2D eigenvalue weighted by atomic mass is 35.5. The van der Waals surface area contributed by atoms with Crippen LogP contribution >= 0.6 is 23.2 Å². The lowest BCUT2D eigenvalue weighted by Gasteiger charge is -2.12. The second-order valence-electron chi connectivity index (χ2n) is 4.79. The average Bonchev–Trinajstić information content (AvgIpc) is 2.52. The molecule has 4 nitrogen and oxygen atoms in total. The van der Waals surface area contributed by atoms with Crippen LogP contribution in [0.15, 0.2) is 42.6 Å². The molecule has 0 saturated heterocycles. The van der Waals surface area contributed by atoms with Gasteiger partial charge in [0.05, 0.1) is 12.8 Å². The first-order valence-corrected chi connectivity index (χ1v) is 7.59. The maximum Gasteiger partial charge on any atom is 0.323 e. The average molecular weight is 351 g/mol. The molecule has 0 aliphatic carbocycles. The van der Waals surface area contributed by atoms with Gasteiger partial charge in [0.15, 0.2) is 0 Å². The van der Waals surface area contributed by atoms with Gasteiger partial charge in [-0.3, -0.25) is 0 Å². The van der Waals surface area contributed by atoms with Gasteiger partial charge in [-0.05, 0) is 42.3 Å². The number of urea groups is 1. The molecule has 0 spiro atoms. The Morgan fingerprint density at radius 3 is 2.52 bits per heavy atom. The van der Waals surface area contributed by atoms with Gasteiger partial charge in [-0.2, -0.15) is 0 Å². The van der Waals surface area contributed by atoms with Crippen molar-refractivity contribution in [2.24, 2.45) is 0 Å². The van der Waals surface area contributed by atoms with Crippen LogP contribution in [0.4, 0.5) is 10.5 Å². The Kier molecular flexibility index (Phi) is 5.90. The van der Waals surface area contributed by atoms with Gasteiger partial charge < -0.3 is 15.4 Å². The molecule has 0 bridgehead atoms. The molecule has 0 aliphatic rings. The van der Waals surface area contributed by atoms with E-state index >= 15 is 0 Å². The first-order valence-electron chi connectivity index (χ1n) is 6.83. The molecule has 0 aromatic heterocycles. The minimum atomic E-state index is -0.379. The van der Waals surface area contributed by atoms with E-state index in [1.54, 1.807) is 36.5 Å². The summed E-state index contributed by atoms with van der Waals surface area (Å²) in [6.45, 7) is 1.85. The topological polar surface area (TPSA) is 50.4 Å². The smallest absolute Gasteiger partial charge is 0.323 e. The fourth-order valence-corrected chi connectivity index (χ4v) is 2.16. The van der Waals surface area contributed by atoms with Crippen LogP contribution in [0.25, 0.3) is 6.08 Å². The summed E-state index contributed by atoms with van der Waals surface area (Å²) in [6.07, 6.45) is 3.31. The number of halogens is 2. The van der Waals surface area contributed by atoms with Crippen LogP contribution < -0.4 is 15.4 Å². The van der Waals surface area contributed by atoms with Gasteiger partial charge in [0, 0.05) is 22.3 Å². The Bertz CT molecular complexity index is 728. The molecule has 120 valence electrons. The van der Waals surface area contributed by atoms with E-state index in [1.165, 1.54) is 7.11 Å². The predicted octanol–water partition coefficient (Wildman–Crippen LogP) is 5.10. The molecule has 0 heterocycles. The summed E-state index contributed by atoms with van der Waals surface area (Å²) in [5, 5.41) is 6.59. The molecule has 2 aromatic rings. The van der Waals surface area contributed by atoms with Gasteiger partial charge in [0.25, 0.3) is 0 Å². The van der Waals surface area contributed by atoms with Crippen LogP contribution in [0.5, 0.6) is 5.75 Å². The summed E-state index contributed by atoms with van der Waals surface area (Å²) in [6, 6.07) is 10.3. The number of ether oxygens (including phenoxy) is 1. The molecule has 0 radical (unpaired) electrons. The molecule has 0 atom stereocenters. The third kappa shape index (κ3) is 4.91. The SMILES string of the molecule is COc1cc(Cl)c(C)cc1NC(=O)N/C=C/c1ccc(Cl)cc1. The monoisotopic (exact) mass is 350 g/mol. The van der Waals surface area contributed by atoms with Crippen molar-refractivity contribution >= 4 is 41.0 Å². The zero-order valence-electron chi connectivity index (χ0n) is 12.7. The van der Waals surface area contributed by atoms with Crippen molar-refractivity contribution < 1.29 is 9.53 Å². The lowest BCUT2D eigenvalue weighted by molar-refractivity contribution is 0.255. The van der Waals surface area contributed by atoms with Gasteiger partial charge in [-0.15, -0.1) is 0 Å². The predicted molar refractivity (Wildman–Crippen MR) is 95.4 cm³/mol. The zero-order chi connectivity index (χ0) is 16.8. The lowest BCUT2D eigenvalue weighted by Crippen LogP contribution is -2.24. The van der Waals surface area contributed by atoms with Gasteiger partial charge in [0.2, 0.25) is 0 Å². The molecule has 0 saturated carbocycles. The molecule has 0 fully saturated rings. The summed E-state index contributed by atoms with van der Waals surface area (Å²) in [4.78, 5) is 11.9. The second-order valence-corrected chi connectivity index (χ2v) is 5.63. The molecule has 2 rings (SSSR count). The summed E-state index contributed by atoms with van der Waals surface area (Å²) >= 11 is 11.8. The number of carbonyl (C=O) groups excluding carboxylic acids is 1. The van der Waals surface area contributed by atoms with Gasteiger partial charge in [-0.1, -0.05) is 35.3 Å². The number of anilines is 1. The number of amides is 2. The Hall–Kier alpha value is -2.17. The van der Waals surface area contributed by atoms with Crippen LogP contribution in [0.1, 0.15) is 11.1 Å². The van der Waals surface area contributed by atoms with E-state index in [2.05, 4.69) is 10.6 Å². The molecule has 2 aromatic carbocycles. The molecule has 23 heavy (non-hydrogen) atoms. The molecular formula is C17H16Cl2N2O2. The van der Waals surface area contributed by atoms with E-state index in [9.17, 15) is 4.79 Å². The second kappa shape index (κ2) is 7.90. The maximum atomic E-state index is 11.9. The van der Waals surface area contributed by atoms with E-state index in [4.69, 9.17) is 27.9 Å². The van der Waals surface area contributed by atoms with Crippen molar-refractivity contribution in [3.05, 3.63) is 63.8 Å². The van der Waals surface area contributed by atoms with Gasteiger partial charge >= 0.3 is 6.03 Å². The van der Waals surface area contributed by atoms with Gasteiger partial charge in [0.1, 0.15) is 5.75 Å². The number of hydrogen-bond donors (Lipinski definition) is 2. The number of rotatable bonds is 4. The van der Waals surface area contributed by atoms with E-state index < -0.39 is 0 Å². The lowest BCUT2D eigenvalue weighted by atomic mass is 10.2. The zero-order valence-corrected chi connectivity index (χ0v) is 14.2. The minimum absolute atomic E-state index is 0.379. The van der Waals surface area contributed by atoms with Crippen LogP contribution in [-0.2, 0) is 0 Å². The van der Waals surface area contributed by atoms with Crippen molar-refractivity contribution in [1.29, 1.82) is 0 Å². The molecule has 0 aliphatic heterocycles. The summed E-state index contributed by atoms with van der Waals surface area (Å²) in [7, 11) is 1.52. The number of hydrogen-bond acceptors (Lipinski definition) is 2. The Morgan fingerprint density at radius 2 is 1.87 bits per heavy atom. The Balaban J connectivity index is 1.99. The number of nitrogens with one attached hydrogen (secondary N) is 2. The number of aryl methyl sites for hydroxylation is 1. The molecule has 6 heteroatoms. The highest BCUT2D eigenvalue weighted by Gasteiger charge is 2.09. The van der Waals surface area contributed by atoms with Gasteiger partial charge in [-0.25, -0.2) is 4.79 Å². The quantitative estimate of drug-likeness (QED) is 0.805.